The van der Waals surface area contributed by atoms with E-state index in [2.05, 4.69) is 15.3 Å². The highest BCUT2D eigenvalue weighted by Gasteiger charge is 2.07. The molecule has 0 atom stereocenters. The van der Waals surface area contributed by atoms with Gasteiger partial charge in [-0.05, 0) is 48.5 Å². The monoisotopic (exact) mass is 350 g/mol. The lowest BCUT2D eigenvalue weighted by Gasteiger charge is -2.11. The van der Waals surface area contributed by atoms with Crippen molar-refractivity contribution in [1.82, 2.24) is 9.97 Å². The minimum atomic E-state index is -0.159. The molecule has 0 spiro atoms. The van der Waals surface area contributed by atoms with Gasteiger partial charge in [0, 0.05) is 30.8 Å². The highest BCUT2D eigenvalue weighted by Crippen LogP contribution is 2.25. The molecule has 0 saturated carbocycles. The van der Waals surface area contributed by atoms with E-state index in [9.17, 15) is 4.79 Å². The third-order valence-corrected chi connectivity index (χ3v) is 4.40. The van der Waals surface area contributed by atoms with Gasteiger partial charge < -0.3 is 10.2 Å². The molecular weight excluding hydrogens is 332 g/mol. The summed E-state index contributed by atoms with van der Waals surface area (Å²) < 4.78 is 0. The Balaban J connectivity index is 1.64. The molecule has 2 heterocycles. The van der Waals surface area contributed by atoms with Crippen LogP contribution in [0.2, 0.25) is 0 Å². The van der Waals surface area contributed by atoms with Gasteiger partial charge in [0.15, 0.2) is 0 Å². The van der Waals surface area contributed by atoms with Gasteiger partial charge in [-0.1, -0.05) is 17.8 Å². The lowest BCUT2D eigenvalue weighted by Crippen LogP contribution is -2.13. The van der Waals surface area contributed by atoms with E-state index in [0.717, 1.165) is 15.7 Å². The average molecular weight is 350 g/mol. The molecule has 0 aliphatic heterocycles. The predicted molar refractivity (Wildman–Crippen MR) is 101 cm³/mol. The second kappa shape index (κ2) is 7.81. The maximum Gasteiger partial charge on any atom is 0.255 e. The van der Waals surface area contributed by atoms with Gasteiger partial charge in [-0.15, -0.1) is 0 Å². The Bertz CT molecular complexity index is 834. The van der Waals surface area contributed by atoms with Crippen molar-refractivity contribution in [2.24, 2.45) is 0 Å². The second-order valence-corrected chi connectivity index (χ2v) is 6.64. The Hall–Kier alpha value is -2.86. The van der Waals surface area contributed by atoms with Gasteiger partial charge in [-0.25, -0.2) is 9.97 Å². The zero-order chi connectivity index (χ0) is 17.6. The number of benzene rings is 1. The van der Waals surface area contributed by atoms with Crippen LogP contribution in [-0.2, 0) is 0 Å². The predicted octanol–water partition coefficient (Wildman–Crippen LogP) is 3.95. The van der Waals surface area contributed by atoms with Crippen molar-refractivity contribution in [2.45, 2.75) is 9.92 Å². The maximum atomic E-state index is 12.3. The molecule has 2 aromatic heterocycles. The fraction of sp³-hybridized carbons (Fsp3) is 0.105. The number of aromatic nitrogens is 2. The summed E-state index contributed by atoms with van der Waals surface area (Å²) in [6.45, 7) is 0. The number of nitrogens with one attached hydrogen (secondary N) is 1. The maximum absolute atomic E-state index is 12.3. The zero-order valence-electron chi connectivity index (χ0n) is 14.0. The number of anilines is 2. The number of carbonyl (C=O) groups is 1. The highest BCUT2D eigenvalue weighted by atomic mass is 32.2. The molecule has 3 aromatic rings. The van der Waals surface area contributed by atoms with E-state index in [1.54, 1.807) is 24.2 Å². The van der Waals surface area contributed by atoms with Crippen LogP contribution in [0.5, 0.6) is 0 Å². The summed E-state index contributed by atoms with van der Waals surface area (Å²) in [4.78, 5) is 23.8. The number of hydrogen-bond donors (Lipinski definition) is 1. The molecule has 5 nitrogen and oxygen atoms in total. The lowest BCUT2D eigenvalue weighted by atomic mass is 10.2. The quantitative estimate of drug-likeness (QED) is 0.755. The van der Waals surface area contributed by atoms with Crippen LogP contribution in [0.25, 0.3) is 0 Å². The minimum Gasteiger partial charge on any atom is -0.363 e. The van der Waals surface area contributed by atoms with E-state index < -0.39 is 0 Å². The van der Waals surface area contributed by atoms with E-state index in [-0.39, 0.29) is 5.91 Å². The van der Waals surface area contributed by atoms with E-state index in [1.165, 1.54) is 0 Å². The van der Waals surface area contributed by atoms with Crippen molar-refractivity contribution < 1.29 is 4.79 Å². The third-order valence-electron chi connectivity index (χ3n) is 3.44. The number of hydrogen-bond acceptors (Lipinski definition) is 5. The Labute approximate surface area is 151 Å². The largest absolute Gasteiger partial charge is 0.363 e. The summed E-state index contributed by atoms with van der Waals surface area (Å²) >= 11 is 1.56. The first kappa shape index (κ1) is 17.0. The van der Waals surface area contributed by atoms with Gasteiger partial charge in [0.2, 0.25) is 0 Å². The molecule has 1 aromatic carbocycles. The van der Waals surface area contributed by atoms with Gasteiger partial charge in [0.1, 0.15) is 10.8 Å². The van der Waals surface area contributed by atoms with Gasteiger partial charge in [0.05, 0.1) is 11.9 Å². The van der Waals surface area contributed by atoms with Crippen molar-refractivity contribution in [3.8, 4) is 0 Å². The molecule has 126 valence electrons. The fourth-order valence-corrected chi connectivity index (χ4v) is 2.90. The third kappa shape index (κ3) is 4.58. The summed E-state index contributed by atoms with van der Waals surface area (Å²) in [5, 5.41) is 3.78. The van der Waals surface area contributed by atoms with Crippen LogP contribution in [0.4, 0.5) is 11.5 Å². The number of pyridine rings is 2. The summed E-state index contributed by atoms with van der Waals surface area (Å²) in [6.07, 6.45) is 3.41. The van der Waals surface area contributed by atoms with Crippen LogP contribution < -0.4 is 10.2 Å². The zero-order valence-corrected chi connectivity index (χ0v) is 14.8. The molecule has 0 bridgehead atoms. The van der Waals surface area contributed by atoms with Gasteiger partial charge >= 0.3 is 0 Å². The van der Waals surface area contributed by atoms with Crippen LogP contribution in [0.1, 0.15) is 10.4 Å². The van der Waals surface area contributed by atoms with E-state index in [4.69, 9.17) is 0 Å². The molecule has 6 heteroatoms. The molecule has 1 N–H and O–H groups in total. The summed E-state index contributed by atoms with van der Waals surface area (Å²) in [6, 6.07) is 16.9. The van der Waals surface area contributed by atoms with E-state index in [1.807, 2.05) is 73.6 Å². The van der Waals surface area contributed by atoms with Gasteiger partial charge in [0.25, 0.3) is 5.91 Å². The number of carbonyl (C=O) groups excluding carboxylic acids is 1. The van der Waals surface area contributed by atoms with Crippen LogP contribution in [0.3, 0.4) is 0 Å². The van der Waals surface area contributed by atoms with Crippen LogP contribution >= 0.6 is 11.8 Å². The Morgan fingerprint density at radius 3 is 2.40 bits per heavy atom. The van der Waals surface area contributed by atoms with Gasteiger partial charge in [-0.2, -0.15) is 0 Å². The number of rotatable bonds is 5. The van der Waals surface area contributed by atoms with Crippen molar-refractivity contribution in [3.63, 3.8) is 0 Å². The second-order valence-electron chi connectivity index (χ2n) is 5.55. The first-order chi connectivity index (χ1) is 12.1. The summed E-state index contributed by atoms with van der Waals surface area (Å²) in [7, 11) is 3.84. The molecule has 0 aliphatic carbocycles. The Morgan fingerprint density at radius 1 is 1.00 bits per heavy atom. The highest BCUT2D eigenvalue weighted by molar-refractivity contribution is 7.99. The van der Waals surface area contributed by atoms with Crippen molar-refractivity contribution in [3.05, 3.63) is 72.6 Å². The first-order valence-electron chi connectivity index (χ1n) is 7.75. The summed E-state index contributed by atoms with van der Waals surface area (Å²) in [5.41, 5.74) is 1.27. The molecule has 25 heavy (non-hydrogen) atoms. The van der Waals surface area contributed by atoms with Crippen molar-refractivity contribution in [1.29, 1.82) is 0 Å². The molecule has 0 unspecified atom stereocenters. The average Bonchev–Trinajstić information content (AvgIpc) is 2.63. The SMILES string of the molecule is CN(C)c1ccc(NC(=O)c2ccc(Sc3ccccn3)cc2)cn1. The molecule has 0 fully saturated rings. The minimum absolute atomic E-state index is 0.159. The van der Waals surface area contributed by atoms with E-state index in [0.29, 0.717) is 11.3 Å². The normalized spacial score (nSPS) is 10.3. The molecule has 0 aliphatic rings. The first-order valence-corrected chi connectivity index (χ1v) is 8.57. The van der Waals surface area contributed by atoms with Crippen molar-refractivity contribution >= 4 is 29.2 Å². The van der Waals surface area contributed by atoms with Crippen molar-refractivity contribution in [2.75, 3.05) is 24.3 Å². The van der Waals surface area contributed by atoms with E-state index >= 15 is 0 Å². The molecular formula is C19H18N4OS. The fourth-order valence-electron chi connectivity index (χ4n) is 2.13. The number of amides is 1. The Morgan fingerprint density at radius 2 is 1.80 bits per heavy atom. The Kier molecular flexibility index (Phi) is 5.30. The van der Waals surface area contributed by atoms with Gasteiger partial charge in [-0.3, -0.25) is 4.79 Å². The molecule has 3 rings (SSSR count). The van der Waals surface area contributed by atoms with Crippen LogP contribution in [-0.4, -0.2) is 30.0 Å². The standard InChI is InChI=1S/C19H18N4OS/c1-23(2)17-11-8-15(13-21-17)22-19(24)14-6-9-16(10-7-14)25-18-5-3-4-12-20-18/h3-13H,1-2H3,(H,22,24). The summed E-state index contributed by atoms with van der Waals surface area (Å²) in [5.74, 6) is 0.683. The molecule has 0 radical (unpaired) electrons. The number of nitrogens with zero attached hydrogens (tertiary/aromatic N) is 3. The van der Waals surface area contributed by atoms with Crippen LogP contribution in [0, 0.1) is 0 Å². The smallest absolute Gasteiger partial charge is 0.255 e. The van der Waals surface area contributed by atoms with Crippen LogP contribution in [0.15, 0.2) is 76.9 Å². The topological polar surface area (TPSA) is 58.1 Å². The molecule has 1 amide bonds. The lowest BCUT2D eigenvalue weighted by molar-refractivity contribution is 0.102. The molecule has 0 saturated heterocycles.